The highest BCUT2D eigenvalue weighted by atomic mass is 127. The van der Waals surface area contributed by atoms with E-state index in [-0.39, 0.29) is 23.3 Å². The topological polar surface area (TPSA) is 195 Å². The van der Waals surface area contributed by atoms with Crippen LogP contribution >= 0.6 is 67.8 Å². The van der Waals surface area contributed by atoms with Gasteiger partial charge in [0.05, 0.1) is 43.8 Å². The first-order valence-electron chi connectivity index (χ1n) is 21.8. The number of hydrogen-bond acceptors (Lipinski definition) is 9. The van der Waals surface area contributed by atoms with Crippen molar-refractivity contribution in [1.29, 1.82) is 0 Å². The van der Waals surface area contributed by atoms with Crippen molar-refractivity contribution in [2.24, 2.45) is 0 Å². The zero-order chi connectivity index (χ0) is 47.9. The fourth-order valence-corrected chi connectivity index (χ4v) is 10.5. The molecule has 12 rings (SSSR count). The number of nitrogens with two attached hydrogens (primary N) is 6. The van der Waals surface area contributed by atoms with Crippen molar-refractivity contribution in [3.05, 3.63) is 193 Å². The molecule has 12 N–H and O–H groups in total. The van der Waals surface area contributed by atoms with E-state index in [2.05, 4.69) is 122 Å². The maximum Gasteiger partial charge on any atom is 0.0864 e. The van der Waals surface area contributed by atoms with Gasteiger partial charge in [0.1, 0.15) is 0 Å². The molecule has 9 aromatic carbocycles. The molecule has 0 amide bonds. The fourth-order valence-electron chi connectivity index (χ4n) is 8.62. The SMILES string of the molecule is C.C.Nc1ccc2cc3ccc(N)c(-c4ccccc4)c3nc2c1-c1ccccc1.Nc1ccc2cc3ccc(N)c(-c4ccccc4)c3nc2c1I.Nc1ccc2cc3ccc(N)c(I)c3nc2c1I.[B]. The Kier molecular flexibility index (Phi) is 16.3. The molecule has 3 heterocycles. The van der Waals surface area contributed by atoms with Crippen LogP contribution in [0.4, 0.5) is 34.1 Å². The van der Waals surface area contributed by atoms with Crippen LogP contribution in [0.3, 0.4) is 0 Å². The number of anilines is 6. The first-order valence-corrected chi connectivity index (χ1v) is 25.1. The van der Waals surface area contributed by atoms with Crippen LogP contribution in [0.15, 0.2) is 182 Å². The van der Waals surface area contributed by atoms with Crippen LogP contribution in [0.1, 0.15) is 14.9 Å². The van der Waals surface area contributed by atoms with Gasteiger partial charge in [-0.2, -0.15) is 0 Å². The smallest absolute Gasteiger partial charge is 0.0864 e. The molecule has 0 saturated carbocycles. The third-order valence-corrected chi connectivity index (χ3v) is 15.4. The molecule has 0 atom stereocenters. The van der Waals surface area contributed by atoms with Gasteiger partial charge in [0.25, 0.3) is 0 Å². The number of aromatic nitrogens is 3. The lowest BCUT2D eigenvalue weighted by Crippen LogP contribution is -1.97. The molecular formula is C59H50BI3N9. The lowest BCUT2D eigenvalue weighted by molar-refractivity contribution is 1.46. The maximum absolute atomic E-state index is 6.38. The summed E-state index contributed by atoms with van der Waals surface area (Å²) in [6.45, 7) is 0. The normalized spacial score (nSPS) is 10.7. The molecule has 12 aromatic rings. The molecule has 13 heteroatoms. The van der Waals surface area contributed by atoms with Gasteiger partial charge in [-0.15, -0.1) is 0 Å². The monoisotopic (exact) mass is 1280 g/mol. The highest BCUT2D eigenvalue weighted by Gasteiger charge is 2.16. The first kappa shape index (κ1) is 52.9. The molecule has 0 unspecified atom stereocenters. The minimum absolute atomic E-state index is 0. The average molecular weight is 1280 g/mol. The van der Waals surface area contributed by atoms with E-state index in [4.69, 9.17) is 49.4 Å². The van der Waals surface area contributed by atoms with Gasteiger partial charge in [-0.05, 0) is 139 Å². The standard InChI is InChI=1S/C25H19N3.C19H14IN3.C13H9I2N3.2CH4.B/c26-20-13-11-18-15-19-12-14-21(27)23(17-9-5-2-6-10-17)25(19)28-24(18)22(20)16-7-3-1-4-8-16;20-17-15(22)9-7-13-10-12-6-8-14(21)16(18(12)23-19(13)17)11-4-2-1-3-5-11;14-10-8(16)3-1-6-5-7-2-4-9(17)11(15)13(7)18-12(6)10;;;/h1-15H,26-27H2;1-10H,21-22H2;1-5H,16-17H2;2*1H4;. The lowest BCUT2D eigenvalue weighted by atomic mass is 9.96. The van der Waals surface area contributed by atoms with Crippen molar-refractivity contribution < 1.29 is 0 Å². The molecule has 0 spiro atoms. The number of nitrogen functional groups attached to an aromatic ring is 6. The summed E-state index contributed by atoms with van der Waals surface area (Å²) in [4.78, 5) is 14.7. The molecule has 3 radical (unpaired) electrons. The Labute approximate surface area is 461 Å². The van der Waals surface area contributed by atoms with Crippen molar-refractivity contribution in [1.82, 2.24) is 15.0 Å². The van der Waals surface area contributed by atoms with E-state index in [1.165, 1.54) is 0 Å². The van der Waals surface area contributed by atoms with Crippen LogP contribution in [-0.4, -0.2) is 23.4 Å². The predicted octanol–water partition coefficient (Wildman–Crippen LogP) is 15.4. The molecule has 0 aliphatic carbocycles. The van der Waals surface area contributed by atoms with Crippen LogP contribution in [0.5, 0.6) is 0 Å². The summed E-state index contributed by atoms with van der Waals surface area (Å²) in [7, 11) is 0. The van der Waals surface area contributed by atoms with Crippen LogP contribution in [0.2, 0.25) is 0 Å². The second-order valence-electron chi connectivity index (χ2n) is 16.5. The maximum atomic E-state index is 6.38. The minimum Gasteiger partial charge on any atom is -0.398 e. The van der Waals surface area contributed by atoms with Crippen molar-refractivity contribution >= 4 is 176 Å². The van der Waals surface area contributed by atoms with E-state index < -0.39 is 0 Å². The molecule has 0 fully saturated rings. The summed E-state index contributed by atoms with van der Waals surface area (Å²) in [5.41, 5.74) is 52.9. The summed E-state index contributed by atoms with van der Waals surface area (Å²) in [6.07, 6.45) is 0. The predicted molar refractivity (Wildman–Crippen MR) is 338 cm³/mol. The Morgan fingerprint density at radius 2 is 0.472 bits per heavy atom. The Morgan fingerprint density at radius 1 is 0.264 bits per heavy atom. The number of rotatable bonds is 3. The summed E-state index contributed by atoms with van der Waals surface area (Å²) < 4.78 is 2.96. The minimum atomic E-state index is 0. The highest BCUT2D eigenvalue weighted by Crippen LogP contribution is 2.40. The Balaban J connectivity index is 0.000000159. The van der Waals surface area contributed by atoms with Gasteiger partial charge < -0.3 is 34.4 Å². The summed E-state index contributed by atoms with van der Waals surface area (Å²) in [5, 5.41) is 6.48. The molecule has 72 heavy (non-hydrogen) atoms. The van der Waals surface area contributed by atoms with Crippen LogP contribution in [-0.2, 0) is 0 Å². The molecular weight excluding hydrogens is 1230 g/mol. The molecule has 0 aliphatic heterocycles. The van der Waals surface area contributed by atoms with Crippen molar-refractivity contribution in [3.63, 3.8) is 0 Å². The van der Waals surface area contributed by atoms with E-state index >= 15 is 0 Å². The van der Waals surface area contributed by atoms with Crippen LogP contribution < -0.4 is 34.4 Å². The summed E-state index contributed by atoms with van der Waals surface area (Å²) in [6, 6.07) is 60.6. The molecule has 0 saturated heterocycles. The van der Waals surface area contributed by atoms with Gasteiger partial charge in [-0.1, -0.05) is 142 Å². The van der Waals surface area contributed by atoms with Crippen LogP contribution in [0, 0.1) is 10.7 Å². The van der Waals surface area contributed by atoms with E-state index in [0.717, 1.165) is 144 Å². The van der Waals surface area contributed by atoms with Crippen molar-refractivity contribution in [2.75, 3.05) is 34.4 Å². The van der Waals surface area contributed by atoms with Gasteiger partial charge in [0.15, 0.2) is 0 Å². The van der Waals surface area contributed by atoms with Crippen molar-refractivity contribution in [2.45, 2.75) is 14.9 Å². The molecule has 0 bridgehead atoms. The van der Waals surface area contributed by atoms with Gasteiger partial charge in [0, 0.05) is 91.5 Å². The van der Waals surface area contributed by atoms with E-state index in [9.17, 15) is 0 Å². The van der Waals surface area contributed by atoms with E-state index in [1.807, 2.05) is 127 Å². The number of halogens is 3. The zero-order valence-corrected chi connectivity index (χ0v) is 43.8. The van der Waals surface area contributed by atoms with Gasteiger partial charge in [-0.25, -0.2) is 15.0 Å². The summed E-state index contributed by atoms with van der Waals surface area (Å²) >= 11 is 6.72. The van der Waals surface area contributed by atoms with Crippen LogP contribution in [0.25, 0.3) is 98.8 Å². The van der Waals surface area contributed by atoms with Gasteiger partial charge in [0.2, 0.25) is 0 Å². The number of pyridine rings is 3. The number of fused-ring (bicyclic) bond motifs is 6. The second-order valence-corrected chi connectivity index (χ2v) is 19.7. The number of hydrogen-bond donors (Lipinski definition) is 6. The Morgan fingerprint density at radius 3 is 0.736 bits per heavy atom. The Hall–Kier alpha value is -6.96. The number of nitrogens with zero attached hydrogens (tertiary/aromatic N) is 3. The van der Waals surface area contributed by atoms with Gasteiger partial charge in [-0.3, -0.25) is 0 Å². The Bertz CT molecular complexity index is 3790. The average Bonchev–Trinajstić information content (AvgIpc) is 3.37. The molecule has 9 nitrogen and oxygen atoms in total. The third-order valence-electron chi connectivity index (χ3n) is 12.0. The second kappa shape index (κ2) is 22.2. The van der Waals surface area contributed by atoms with Gasteiger partial charge >= 0.3 is 0 Å². The fraction of sp³-hybridized carbons (Fsp3) is 0.0339. The largest absolute Gasteiger partial charge is 0.398 e. The molecule has 355 valence electrons. The number of benzene rings is 9. The van der Waals surface area contributed by atoms with E-state index in [1.54, 1.807) is 0 Å². The highest BCUT2D eigenvalue weighted by molar-refractivity contribution is 14.1. The quantitative estimate of drug-likeness (QED) is 0.0432. The lowest BCUT2D eigenvalue weighted by Gasteiger charge is -2.14. The first-order chi connectivity index (χ1) is 33.4. The zero-order valence-electron chi connectivity index (χ0n) is 37.3. The molecule has 0 aliphatic rings. The van der Waals surface area contributed by atoms with Crippen molar-refractivity contribution in [3.8, 4) is 33.4 Å². The third kappa shape index (κ3) is 10.1. The van der Waals surface area contributed by atoms with E-state index in [0.29, 0.717) is 0 Å². The molecule has 3 aromatic heterocycles. The summed E-state index contributed by atoms with van der Waals surface area (Å²) in [5.74, 6) is 0.